The van der Waals surface area contributed by atoms with Gasteiger partial charge in [0.2, 0.25) is 23.6 Å². The van der Waals surface area contributed by atoms with Crippen molar-refractivity contribution < 1.29 is 52.5 Å². The van der Waals surface area contributed by atoms with Gasteiger partial charge in [0.05, 0.1) is 18.6 Å². The minimum absolute atomic E-state index is 0.000977. The number of esters is 2. The molecule has 2 aliphatic rings. The van der Waals surface area contributed by atoms with Crippen LogP contribution in [0.1, 0.15) is 109 Å². The molecule has 1 saturated heterocycles. The number of alkyl carbamates (subject to hydrolysis) is 1. The molecule has 18 nitrogen and oxygen atoms in total. The third kappa shape index (κ3) is 16.6. The Kier molecular flexibility index (Phi) is 19.1. The van der Waals surface area contributed by atoms with Gasteiger partial charge in [0, 0.05) is 25.6 Å². The molecule has 0 unspecified atom stereocenters. The first-order valence-corrected chi connectivity index (χ1v) is 22.8. The number of hydrogen-bond acceptors (Lipinski definition) is 12. The van der Waals surface area contributed by atoms with Crippen LogP contribution < -0.4 is 21.3 Å². The van der Waals surface area contributed by atoms with E-state index in [1.807, 2.05) is 48.5 Å². The maximum absolute atomic E-state index is 14.1. The zero-order valence-corrected chi connectivity index (χ0v) is 38.6. The normalized spacial score (nSPS) is 17.0. The Labute approximate surface area is 386 Å². The number of hydrogen-bond donors (Lipinski definition) is 4. The number of rotatable bonds is 21. The second kappa shape index (κ2) is 24.8. The van der Waals surface area contributed by atoms with E-state index in [0.29, 0.717) is 18.7 Å². The van der Waals surface area contributed by atoms with Crippen LogP contribution in [0, 0.1) is 0 Å². The van der Waals surface area contributed by atoms with E-state index in [2.05, 4.69) is 26.3 Å². The lowest BCUT2D eigenvalue weighted by Crippen LogP contribution is -2.58. The number of benzene rings is 2. The first kappa shape index (κ1) is 50.7. The van der Waals surface area contributed by atoms with Gasteiger partial charge in [-0.1, -0.05) is 67.1 Å². The summed E-state index contributed by atoms with van der Waals surface area (Å²) in [5.41, 5.74) is 1.33. The number of carbonyl (C=O) groups is 7. The van der Waals surface area contributed by atoms with Crippen LogP contribution in [0.15, 0.2) is 73.2 Å². The Morgan fingerprint density at radius 2 is 1.42 bits per heavy atom. The van der Waals surface area contributed by atoms with Crippen LogP contribution in [-0.4, -0.2) is 105 Å². The van der Waals surface area contributed by atoms with Gasteiger partial charge in [-0.2, -0.15) is 0 Å². The van der Waals surface area contributed by atoms with Crippen molar-refractivity contribution in [3.05, 3.63) is 90.0 Å². The predicted molar refractivity (Wildman–Crippen MR) is 241 cm³/mol. The molecule has 358 valence electrons. The standard InChI is InChI=1S/C48H65N7O11/c1-32(50-44(59)40-22-15-25-55(40)45(60)38(53-47(62)66-48(3,4)5)23-24-41(56)65-37-20-13-8-14-21-37)42(57)52-39(43(58)51-33(2)46(61)64-29-35-18-11-7-12-19-35)26-36-27-54(30-49-36)31-63-28-34-16-9-6-10-17-34/h6-7,9-12,16-19,27,30,32-33,37-40H,8,13-15,20-26,28-29,31H2,1-5H3,(H,50,59)(H,51,58)(H,52,57)(H,53,62)/t32-,33-,38-,39+,40+/m1/s1. The van der Waals surface area contributed by atoms with Crippen molar-refractivity contribution in [3.63, 3.8) is 0 Å². The van der Waals surface area contributed by atoms with Crippen molar-refractivity contribution in [2.45, 2.75) is 161 Å². The molecular weight excluding hydrogens is 851 g/mol. The number of aromatic nitrogens is 2. The number of imidazole rings is 1. The Hall–Kier alpha value is -6.30. The molecule has 4 N–H and O–H groups in total. The molecule has 0 bridgehead atoms. The first-order chi connectivity index (χ1) is 31.5. The van der Waals surface area contributed by atoms with E-state index in [1.54, 1.807) is 43.7 Å². The highest BCUT2D eigenvalue weighted by atomic mass is 16.6. The first-order valence-electron chi connectivity index (χ1n) is 22.8. The molecule has 1 aliphatic heterocycles. The van der Waals surface area contributed by atoms with E-state index in [-0.39, 0.29) is 51.7 Å². The van der Waals surface area contributed by atoms with E-state index in [9.17, 15) is 33.6 Å². The summed E-state index contributed by atoms with van der Waals surface area (Å²) in [6.45, 7) is 8.68. The number of carbonyl (C=O) groups excluding carboxylic acids is 7. The number of nitrogens with one attached hydrogen (secondary N) is 4. The average molecular weight is 916 g/mol. The van der Waals surface area contributed by atoms with E-state index >= 15 is 0 Å². The molecule has 0 spiro atoms. The van der Waals surface area contributed by atoms with Crippen LogP contribution in [0.4, 0.5) is 4.79 Å². The Morgan fingerprint density at radius 3 is 2.09 bits per heavy atom. The molecule has 1 aromatic heterocycles. The molecule has 5 rings (SSSR count). The highest BCUT2D eigenvalue weighted by Crippen LogP contribution is 2.23. The maximum atomic E-state index is 14.1. The van der Waals surface area contributed by atoms with Crippen LogP contribution in [0.2, 0.25) is 0 Å². The van der Waals surface area contributed by atoms with Crippen LogP contribution in [0.5, 0.6) is 0 Å². The predicted octanol–water partition coefficient (Wildman–Crippen LogP) is 4.38. The fraction of sp³-hybridized carbons (Fsp3) is 0.542. The fourth-order valence-electron chi connectivity index (χ4n) is 7.64. The number of nitrogens with zero attached hydrogens (tertiary/aromatic N) is 3. The van der Waals surface area contributed by atoms with Gasteiger partial charge in [0.15, 0.2) is 0 Å². The van der Waals surface area contributed by atoms with Crippen molar-refractivity contribution in [1.82, 2.24) is 35.7 Å². The summed E-state index contributed by atoms with van der Waals surface area (Å²) in [6.07, 6.45) is 7.20. The van der Waals surface area contributed by atoms with E-state index in [4.69, 9.17) is 18.9 Å². The molecule has 66 heavy (non-hydrogen) atoms. The summed E-state index contributed by atoms with van der Waals surface area (Å²) < 4.78 is 24.0. The Bertz CT molecular complexity index is 2090. The van der Waals surface area contributed by atoms with Crippen LogP contribution in [0.3, 0.4) is 0 Å². The topological polar surface area (TPSA) is 226 Å². The van der Waals surface area contributed by atoms with E-state index < -0.39 is 77.5 Å². The van der Waals surface area contributed by atoms with Crippen molar-refractivity contribution in [3.8, 4) is 0 Å². The van der Waals surface area contributed by atoms with Crippen molar-refractivity contribution in [1.29, 1.82) is 0 Å². The molecule has 1 saturated carbocycles. The molecule has 5 atom stereocenters. The third-order valence-electron chi connectivity index (χ3n) is 11.1. The molecule has 3 aromatic rings. The summed E-state index contributed by atoms with van der Waals surface area (Å²) in [5.74, 6) is -3.78. The van der Waals surface area contributed by atoms with E-state index in [1.165, 1.54) is 25.1 Å². The average Bonchev–Trinajstić information content (AvgIpc) is 3.97. The molecular formula is C48H65N7O11. The van der Waals surface area contributed by atoms with Gasteiger partial charge >= 0.3 is 18.0 Å². The van der Waals surface area contributed by atoms with Gasteiger partial charge in [-0.25, -0.2) is 14.6 Å². The number of likely N-dealkylation sites (tertiary alicyclic amines) is 1. The second-order valence-corrected chi connectivity index (χ2v) is 17.8. The van der Waals surface area contributed by atoms with Gasteiger partial charge in [-0.3, -0.25) is 24.0 Å². The minimum Gasteiger partial charge on any atom is -0.462 e. The Balaban J connectivity index is 1.22. The van der Waals surface area contributed by atoms with Gasteiger partial charge in [0.1, 0.15) is 55.3 Å². The molecule has 0 radical (unpaired) electrons. The largest absolute Gasteiger partial charge is 0.462 e. The highest BCUT2D eigenvalue weighted by molar-refractivity contribution is 5.96. The minimum atomic E-state index is -1.25. The number of ether oxygens (including phenoxy) is 4. The SMILES string of the molecule is C[C@@H](NC(=O)[C@@H]1CCCN1C(=O)[C@@H](CCC(=O)OC1CCCCC1)NC(=O)OC(C)(C)C)C(=O)N[C@@H](Cc1cn(COCc2ccccc2)cn1)C(=O)N[C@H](C)C(=O)OCc1ccccc1. The monoisotopic (exact) mass is 915 g/mol. The van der Waals surface area contributed by atoms with Crippen LogP contribution in [-0.2, 0) is 74.1 Å². The van der Waals surface area contributed by atoms with Gasteiger partial charge < -0.3 is 49.7 Å². The zero-order valence-electron chi connectivity index (χ0n) is 38.6. The maximum Gasteiger partial charge on any atom is 0.408 e. The van der Waals surface area contributed by atoms with Gasteiger partial charge in [-0.15, -0.1) is 0 Å². The lowest BCUT2D eigenvalue weighted by atomic mass is 9.98. The summed E-state index contributed by atoms with van der Waals surface area (Å²) in [7, 11) is 0. The summed E-state index contributed by atoms with van der Waals surface area (Å²) in [4.78, 5) is 99.9. The van der Waals surface area contributed by atoms with Crippen molar-refractivity contribution in [2.75, 3.05) is 6.54 Å². The van der Waals surface area contributed by atoms with E-state index in [0.717, 1.165) is 43.2 Å². The molecule has 2 aromatic carbocycles. The molecule has 1 aliphatic carbocycles. The summed E-state index contributed by atoms with van der Waals surface area (Å²) >= 11 is 0. The zero-order chi connectivity index (χ0) is 47.6. The summed E-state index contributed by atoms with van der Waals surface area (Å²) in [5, 5.41) is 10.6. The fourth-order valence-corrected chi connectivity index (χ4v) is 7.64. The lowest BCUT2D eigenvalue weighted by Gasteiger charge is -2.30. The molecule has 2 fully saturated rings. The smallest absolute Gasteiger partial charge is 0.408 e. The second-order valence-electron chi connectivity index (χ2n) is 17.8. The van der Waals surface area contributed by atoms with Gasteiger partial charge in [-0.05, 0) is 90.7 Å². The third-order valence-corrected chi connectivity index (χ3v) is 11.1. The molecule has 18 heteroatoms. The number of amides is 5. The van der Waals surface area contributed by atoms with Crippen molar-refractivity contribution >= 4 is 41.7 Å². The van der Waals surface area contributed by atoms with Crippen molar-refractivity contribution in [2.24, 2.45) is 0 Å². The van der Waals surface area contributed by atoms with Crippen LogP contribution >= 0.6 is 0 Å². The molecule has 2 heterocycles. The Morgan fingerprint density at radius 1 is 0.758 bits per heavy atom. The summed E-state index contributed by atoms with van der Waals surface area (Å²) in [6, 6.07) is 13.0. The molecule has 5 amide bonds. The van der Waals surface area contributed by atoms with Gasteiger partial charge in [0.25, 0.3) is 0 Å². The van der Waals surface area contributed by atoms with Crippen LogP contribution in [0.25, 0.3) is 0 Å². The lowest BCUT2D eigenvalue weighted by molar-refractivity contribution is -0.151. The quantitative estimate of drug-likeness (QED) is 0.0864. The highest BCUT2D eigenvalue weighted by Gasteiger charge is 2.39.